The number of aromatic nitrogens is 2. The van der Waals surface area contributed by atoms with Crippen LogP contribution in [-0.4, -0.2) is 16.2 Å². The number of hydrogen-bond acceptors (Lipinski definition) is 1. The molecule has 0 unspecified atom stereocenters. The maximum Gasteiger partial charge on any atom is 0.0620 e. The average molecular weight is 694 g/mol. The van der Waals surface area contributed by atoms with Gasteiger partial charge in [-0.25, -0.2) is 0 Å². The largest absolute Gasteiger partial charge is 0.344 e. The van der Waals surface area contributed by atoms with Gasteiger partial charge in [-0.3, -0.25) is 0 Å². The molecule has 0 bridgehead atoms. The highest BCUT2D eigenvalue weighted by Crippen LogP contribution is 2.41. The molecule has 0 radical (unpaired) electrons. The molecule has 10 aromatic rings. The first-order chi connectivity index (χ1) is 26.7. The highest BCUT2D eigenvalue weighted by molar-refractivity contribution is 6.19. The van der Waals surface area contributed by atoms with Gasteiger partial charge in [0, 0.05) is 56.7 Å². The van der Waals surface area contributed by atoms with Gasteiger partial charge in [0.05, 0.1) is 22.1 Å². The lowest BCUT2D eigenvalue weighted by molar-refractivity contribution is 1.18. The van der Waals surface area contributed by atoms with Crippen LogP contribution in [0.2, 0.25) is 0 Å². The van der Waals surface area contributed by atoms with Gasteiger partial charge in [-0.05, 0) is 94.9 Å². The third kappa shape index (κ3) is 5.21. The fourth-order valence-electron chi connectivity index (χ4n) is 8.18. The summed E-state index contributed by atoms with van der Waals surface area (Å²) in [6.07, 6.45) is 1.96. The Bertz CT molecular complexity index is 3000. The monoisotopic (exact) mass is 693 g/mol. The van der Waals surface area contributed by atoms with Gasteiger partial charge in [-0.1, -0.05) is 116 Å². The predicted octanol–water partition coefficient (Wildman–Crippen LogP) is 13.9. The molecule has 0 aliphatic heterocycles. The normalized spacial score (nSPS) is 11.3. The third-order valence-electron chi connectivity index (χ3n) is 10.6. The molecule has 0 N–H and O–H groups in total. The Kier molecular flexibility index (Phi) is 8.17. The molecular weight excluding hydrogens is 655 g/mol. The third-order valence-corrected chi connectivity index (χ3v) is 10.6. The summed E-state index contributed by atoms with van der Waals surface area (Å²) in [5.74, 6) is 0. The zero-order valence-electron chi connectivity index (χ0n) is 30.3. The summed E-state index contributed by atoms with van der Waals surface area (Å²) in [7, 11) is 2.14. The Morgan fingerprint density at radius 2 is 1.07 bits per heavy atom. The summed E-state index contributed by atoms with van der Waals surface area (Å²) < 4.78 is 4.82. The Morgan fingerprint density at radius 3 is 1.81 bits per heavy atom. The van der Waals surface area contributed by atoms with Gasteiger partial charge in [0.2, 0.25) is 0 Å². The fraction of sp³-hybridized carbons (Fsp3) is 0.0196. The van der Waals surface area contributed by atoms with E-state index in [-0.39, 0.29) is 0 Å². The SMILES string of the molecule is C=C.C=Cc1cc2ccc3c4ccccc4n(-c4cccc(-c5ccc6c(c5)c5ccccc5n6-c5ccccc5)c4)c3c2cc1N(C)c1ccccc1. The minimum Gasteiger partial charge on any atom is -0.344 e. The van der Waals surface area contributed by atoms with E-state index >= 15 is 0 Å². The molecule has 0 spiro atoms. The molecule has 0 amide bonds. The van der Waals surface area contributed by atoms with E-state index in [1.54, 1.807) is 0 Å². The Labute approximate surface area is 315 Å². The van der Waals surface area contributed by atoms with E-state index in [0.717, 1.165) is 22.6 Å². The van der Waals surface area contributed by atoms with Gasteiger partial charge in [-0.15, -0.1) is 13.2 Å². The molecular formula is C51H39N3. The molecule has 0 aliphatic carbocycles. The number of nitrogens with zero attached hydrogens (tertiary/aromatic N) is 3. The zero-order chi connectivity index (χ0) is 36.8. The van der Waals surface area contributed by atoms with E-state index in [0.29, 0.717) is 0 Å². The highest BCUT2D eigenvalue weighted by Gasteiger charge is 2.19. The Hall–Kier alpha value is -7.10. The van der Waals surface area contributed by atoms with Crippen molar-refractivity contribution >= 4 is 71.8 Å². The van der Waals surface area contributed by atoms with E-state index in [1.165, 1.54) is 71.2 Å². The second-order valence-electron chi connectivity index (χ2n) is 13.5. The number of para-hydroxylation sites is 4. The molecule has 0 fully saturated rings. The fourth-order valence-corrected chi connectivity index (χ4v) is 8.18. The molecule has 54 heavy (non-hydrogen) atoms. The van der Waals surface area contributed by atoms with Gasteiger partial charge in [0.15, 0.2) is 0 Å². The van der Waals surface area contributed by atoms with E-state index in [9.17, 15) is 0 Å². The van der Waals surface area contributed by atoms with Crippen LogP contribution in [-0.2, 0) is 0 Å². The van der Waals surface area contributed by atoms with Crippen LogP contribution in [0.1, 0.15) is 5.56 Å². The number of fused-ring (bicyclic) bond motifs is 8. The molecule has 0 saturated carbocycles. The number of hydrogen-bond donors (Lipinski definition) is 0. The molecule has 3 heteroatoms. The van der Waals surface area contributed by atoms with Crippen molar-refractivity contribution in [2.45, 2.75) is 0 Å². The topological polar surface area (TPSA) is 13.1 Å². The molecule has 0 saturated heterocycles. The average Bonchev–Trinajstić information content (AvgIpc) is 3.77. The number of anilines is 2. The summed E-state index contributed by atoms with van der Waals surface area (Å²) in [6, 6.07) is 63.7. The van der Waals surface area contributed by atoms with Gasteiger partial charge in [0.25, 0.3) is 0 Å². The predicted molar refractivity (Wildman–Crippen MR) is 234 cm³/mol. The van der Waals surface area contributed by atoms with Crippen molar-refractivity contribution in [1.29, 1.82) is 0 Å². The molecule has 8 aromatic carbocycles. The van der Waals surface area contributed by atoms with Crippen molar-refractivity contribution in [3.05, 3.63) is 201 Å². The molecule has 10 rings (SSSR count). The van der Waals surface area contributed by atoms with E-state index < -0.39 is 0 Å². The minimum atomic E-state index is 1.10. The van der Waals surface area contributed by atoms with Crippen LogP contribution >= 0.6 is 0 Å². The second-order valence-corrected chi connectivity index (χ2v) is 13.5. The van der Waals surface area contributed by atoms with Gasteiger partial charge >= 0.3 is 0 Å². The maximum atomic E-state index is 4.19. The van der Waals surface area contributed by atoms with Crippen LogP contribution in [0.4, 0.5) is 11.4 Å². The molecule has 2 aromatic heterocycles. The van der Waals surface area contributed by atoms with Crippen LogP contribution in [0.3, 0.4) is 0 Å². The van der Waals surface area contributed by atoms with E-state index in [2.05, 4.69) is 217 Å². The van der Waals surface area contributed by atoms with Gasteiger partial charge < -0.3 is 14.0 Å². The summed E-state index contributed by atoms with van der Waals surface area (Å²) in [4.78, 5) is 2.26. The highest BCUT2D eigenvalue weighted by atomic mass is 15.1. The summed E-state index contributed by atoms with van der Waals surface area (Å²) in [5.41, 5.74) is 12.8. The lowest BCUT2D eigenvalue weighted by atomic mass is 10.0. The summed E-state index contributed by atoms with van der Waals surface area (Å²) >= 11 is 0. The van der Waals surface area contributed by atoms with E-state index in [4.69, 9.17) is 0 Å². The molecule has 258 valence electrons. The molecule has 0 atom stereocenters. The standard InChI is InChI=1S/C49H35N3.C2H4/c1-3-33-29-36-25-27-42-40-21-10-13-24-46(40)52(49(42)43(36)32-48(33)50(2)37-16-6-4-7-17-37)39-20-14-15-34(30-39)35-26-28-47-44(31-35)41-22-11-12-23-45(41)51(47)38-18-8-5-9-19-38;1-2/h3-32H,1H2,2H3;1-2H2. The lowest BCUT2D eigenvalue weighted by Crippen LogP contribution is -2.10. The maximum absolute atomic E-state index is 4.19. The van der Waals surface area contributed by atoms with Crippen LogP contribution in [0.25, 0.3) is 83.0 Å². The zero-order valence-corrected chi connectivity index (χ0v) is 30.3. The van der Waals surface area contributed by atoms with Crippen LogP contribution in [0.5, 0.6) is 0 Å². The number of rotatable bonds is 6. The van der Waals surface area contributed by atoms with Crippen molar-refractivity contribution in [2.75, 3.05) is 11.9 Å². The van der Waals surface area contributed by atoms with Crippen molar-refractivity contribution in [1.82, 2.24) is 9.13 Å². The summed E-state index contributed by atoms with van der Waals surface area (Å²) in [5, 5.41) is 7.38. The van der Waals surface area contributed by atoms with Crippen LogP contribution in [0.15, 0.2) is 196 Å². The number of benzene rings is 8. The van der Waals surface area contributed by atoms with Crippen LogP contribution in [0, 0.1) is 0 Å². The van der Waals surface area contributed by atoms with Crippen LogP contribution < -0.4 is 4.90 Å². The molecule has 3 nitrogen and oxygen atoms in total. The first-order valence-electron chi connectivity index (χ1n) is 18.3. The molecule has 2 heterocycles. The smallest absolute Gasteiger partial charge is 0.0620 e. The first-order valence-corrected chi connectivity index (χ1v) is 18.3. The van der Waals surface area contributed by atoms with Crippen molar-refractivity contribution in [2.24, 2.45) is 0 Å². The second kappa shape index (κ2) is 13.5. The van der Waals surface area contributed by atoms with Gasteiger partial charge in [0.1, 0.15) is 0 Å². The van der Waals surface area contributed by atoms with Crippen molar-refractivity contribution < 1.29 is 0 Å². The first kappa shape index (κ1) is 32.8. The van der Waals surface area contributed by atoms with Crippen molar-refractivity contribution in [3.8, 4) is 22.5 Å². The quantitative estimate of drug-likeness (QED) is 0.158. The van der Waals surface area contributed by atoms with Gasteiger partial charge in [-0.2, -0.15) is 0 Å². The lowest BCUT2D eigenvalue weighted by Gasteiger charge is -2.23. The van der Waals surface area contributed by atoms with E-state index in [1.807, 2.05) is 6.08 Å². The Morgan fingerprint density at radius 1 is 0.463 bits per heavy atom. The minimum absolute atomic E-state index is 1.10. The summed E-state index contributed by atoms with van der Waals surface area (Å²) in [6.45, 7) is 10.2. The molecule has 0 aliphatic rings. The Balaban J connectivity index is 0.00000189. The van der Waals surface area contributed by atoms with Crippen molar-refractivity contribution in [3.63, 3.8) is 0 Å².